The van der Waals surface area contributed by atoms with Crippen molar-refractivity contribution in [2.24, 2.45) is 0 Å². The van der Waals surface area contributed by atoms with Crippen LogP contribution in [0.5, 0.6) is 0 Å². The monoisotopic (exact) mass is 381 g/mol. The zero-order chi connectivity index (χ0) is 17.9. The minimum Gasteiger partial charge on any atom is -0.268 e. The summed E-state index contributed by atoms with van der Waals surface area (Å²) in [5.74, 6) is 0. The van der Waals surface area contributed by atoms with Crippen molar-refractivity contribution >= 4 is 21.6 Å². The van der Waals surface area contributed by atoms with Crippen molar-refractivity contribution in [1.29, 1.82) is 0 Å². The first-order valence-electron chi connectivity index (χ1n) is 7.27. The number of rotatable bonds is 8. The lowest BCUT2D eigenvalue weighted by atomic mass is 10.1. The molecule has 0 unspecified atom stereocenters. The molecular weight excluding hydrogens is 364 g/mol. The fraction of sp³-hybridized carbons (Fsp3) is 0.538. The van der Waals surface area contributed by atoms with E-state index in [2.05, 4.69) is 14.9 Å². The predicted molar refractivity (Wildman–Crippen MR) is 84.6 cm³/mol. The molecule has 0 aliphatic heterocycles. The molecule has 0 radical (unpaired) electrons. The van der Waals surface area contributed by atoms with E-state index in [0.717, 1.165) is 12.6 Å². The number of sulfonamides is 1. The fourth-order valence-electron chi connectivity index (χ4n) is 2.34. The number of aromatic nitrogens is 4. The zero-order valence-corrected chi connectivity index (χ0v) is 14.7. The summed E-state index contributed by atoms with van der Waals surface area (Å²) in [7, 11) is -3.91. The highest BCUT2D eigenvalue weighted by Crippen LogP contribution is 2.20. The molecule has 2 heterocycles. The molecule has 11 heteroatoms. The molecule has 24 heavy (non-hydrogen) atoms. The Balaban J connectivity index is 2.02. The third kappa shape index (κ3) is 4.11. The van der Waals surface area contributed by atoms with Crippen molar-refractivity contribution in [3.63, 3.8) is 0 Å². The van der Waals surface area contributed by atoms with Gasteiger partial charge in [0.15, 0.2) is 0 Å². The molecule has 2 aromatic heterocycles. The summed E-state index contributed by atoms with van der Waals surface area (Å²) in [6, 6.07) is -0.0231. The van der Waals surface area contributed by atoms with E-state index in [1.54, 1.807) is 10.9 Å². The second-order valence-electron chi connectivity index (χ2n) is 5.20. The highest BCUT2D eigenvalue weighted by Gasteiger charge is 2.23. The van der Waals surface area contributed by atoms with E-state index in [0.29, 0.717) is 16.1 Å². The van der Waals surface area contributed by atoms with Crippen LogP contribution in [-0.4, -0.2) is 34.5 Å². The average molecular weight is 382 g/mol. The molecule has 0 spiro atoms. The molecule has 0 amide bonds. The largest absolute Gasteiger partial charge is 0.333 e. The molecule has 1 atom stereocenters. The lowest BCUT2D eigenvalue weighted by Crippen LogP contribution is -2.27. The molecule has 2 rings (SSSR count). The minimum atomic E-state index is -3.91. The molecule has 0 bridgehead atoms. The summed E-state index contributed by atoms with van der Waals surface area (Å²) in [5, 5.41) is 8.02. The van der Waals surface area contributed by atoms with E-state index in [1.165, 1.54) is 13.1 Å². The number of nitrogens with one attached hydrogen (secondary N) is 1. The van der Waals surface area contributed by atoms with Gasteiger partial charge in [-0.25, -0.2) is 17.8 Å². The van der Waals surface area contributed by atoms with Gasteiger partial charge in [-0.3, -0.25) is 4.68 Å². The van der Waals surface area contributed by atoms with Crippen molar-refractivity contribution in [2.45, 2.75) is 44.2 Å². The van der Waals surface area contributed by atoms with Gasteiger partial charge in [0.05, 0.1) is 29.2 Å². The SMILES string of the molecule is CC[C@H](CCNS(=O)(=O)c1cnn(C(F)F)c1C)n1cc(Cl)cn1. The van der Waals surface area contributed by atoms with Gasteiger partial charge in [-0.2, -0.15) is 19.0 Å². The summed E-state index contributed by atoms with van der Waals surface area (Å²) in [4.78, 5) is -0.252. The maximum atomic E-state index is 12.7. The summed E-state index contributed by atoms with van der Waals surface area (Å²) < 4.78 is 54.3. The normalized spacial score (nSPS) is 13.6. The molecule has 0 saturated carbocycles. The minimum absolute atomic E-state index is 0.0231. The van der Waals surface area contributed by atoms with Gasteiger partial charge < -0.3 is 0 Å². The summed E-state index contributed by atoms with van der Waals surface area (Å²) in [5.41, 5.74) is -0.108. The average Bonchev–Trinajstić information content (AvgIpc) is 3.10. The Hall–Kier alpha value is -1.52. The number of nitrogens with zero attached hydrogens (tertiary/aromatic N) is 4. The van der Waals surface area contributed by atoms with Gasteiger partial charge in [0.2, 0.25) is 10.0 Å². The summed E-state index contributed by atoms with van der Waals surface area (Å²) >= 11 is 5.83. The van der Waals surface area contributed by atoms with Gasteiger partial charge in [-0.15, -0.1) is 0 Å². The van der Waals surface area contributed by atoms with Crippen LogP contribution in [0, 0.1) is 6.92 Å². The molecule has 0 saturated heterocycles. The molecule has 2 aromatic rings. The molecule has 7 nitrogen and oxygen atoms in total. The third-order valence-corrected chi connectivity index (χ3v) is 5.42. The molecule has 134 valence electrons. The van der Waals surface area contributed by atoms with Crippen molar-refractivity contribution in [3.05, 3.63) is 29.3 Å². The Morgan fingerprint density at radius 3 is 2.54 bits per heavy atom. The molecule has 0 fully saturated rings. The van der Waals surface area contributed by atoms with Gasteiger partial charge in [0.1, 0.15) is 4.90 Å². The van der Waals surface area contributed by atoms with Crippen LogP contribution >= 0.6 is 11.6 Å². The predicted octanol–water partition coefficient (Wildman–Crippen LogP) is 2.76. The molecule has 0 aliphatic carbocycles. The lowest BCUT2D eigenvalue weighted by Gasteiger charge is -2.15. The van der Waals surface area contributed by atoms with Gasteiger partial charge in [-0.05, 0) is 19.8 Å². The molecule has 0 aliphatic rings. The topological polar surface area (TPSA) is 81.8 Å². The molecule has 0 aromatic carbocycles. The van der Waals surface area contributed by atoms with Gasteiger partial charge in [-0.1, -0.05) is 18.5 Å². The maximum absolute atomic E-state index is 12.7. The van der Waals surface area contributed by atoms with E-state index in [-0.39, 0.29) is 23.2 Å². The van der Waals surface area contributed by atoms with Gasteiger partial charge >= 0.3 is 6.55 Å². The fourth-order valence-corrected chi connectivity index (χ4v) is 3.70. The number of hydrogen-bond acceptors (Lipinski definition) is 4. The van der Waals surface area contributed by atoms with E-state index in [1.807, 2.05) is 6.92 Å². The first kappa shape index (κ1) is 18.8. The van der Waals surface area contributed by atoms with Crippen LogP contribution in [0.1, 0.15) is 38.1 Å². The summed E-state index contributed by atoms with van der Waals surface area (Å²) in [6.45, 7) is 0.486. The number of hydrogen-bond donors (Lipinski definition) is 1. The quantitative estimate of drug-likeness (QED) is 0.762. The van der Waals surface area contributed by atoms with Gasteiger partial charge in [0.25, 0.3) is 0 Å². The van der Waals surface area contributed by atoms with Crippen LogP contribution < -0.4 is 4.72 Å². The summed E-state index contributed by atoms with van der Waals surface area (Å²) in [6.07, 6.45) is 5.32. The Bertz CT molecular complexity index is 790. The van der Waals surface area contributed by atoms with Crippen LogP contribution in [0.2, 0.25) is 5.02 Å². The zero-order valence-electron chi connectivity index (χ0n) is 13.2. The Labute approximate surface area is 143 Å². The molecular formula is C13H18ClF2N5O2S. The molecule has 1 N–H and O–H groups in total. The van der Waals surface area contributed by atoms with Crippen molar-refractivity contribution < 1.29 is 17.2 Å². The lowest BCUT2D eigenvalue weighted by molar-refractivity contribution is 0.0541. The second-order valence-corrected chi connectivity index (χ2v) is 7.38. The van der Waals surface area contributed by atoms with Crippen LogP contribution in [0.4, 0.5) is 8.78 Å². The van der Waals surface area contributed by atoms with Crippen molar-refractivity contribution in [3.8, 4) is 0 Å². The highest BCUT2D eigenvalue weighted by atomic mass is 35.5. The maximum Gasteiger partial charge on any atom is 0.333 e. The number of halogens is 3. The standard InChI is InChI=1S/C13H18ClF2N5O2S/c1-3-11(20-8-10(14)6-17-20)4-5-19-24(22,23)12-7-18-21(9(12)2)13(15)16/h6-8,11,13,19H,3-5H2,1-2H3/t11-/m1/s1. The van der Waals surface area contributed by atoms with E-state index in [9.17, 15) is 17.2 Å². The van der Waals surface area contributed by atoms with E-state index >= 15 is 0 Å². The Morgan fingerprint density at radius 1 is 1.33 bits per heavy atom. The Morgan fingerprint density at radius 2 is 2.04 bits per heavy atom. The smallest absolute Gasteiger partial charge is 0.268 e. The first-order valence-corrected chi connectivity index (χ1v) is 9.14. The Kier molecular flexibility index (Phi) is 5.94. The second kappa shape index (κ2) is 7.58. The van der Waals surface area contributed by atoms with Gasteiger partial charge in [0, 0.05) is 12.7 Å². The van der Waals surface area contributed by atoms with E-state index in [4.69, 9.17) is 11.6 Å². The highest BCUT2D eigenvalue weighted by molar-refractivity contribution is 7.89. The van der Waals surface area contributed by atoms with Crippen LogP contribution in [0.3, 0.4) is 0 Å². The van der Waals surface area contributed by atoms with Crippen molar-refractivity contribution in [2.75, 3.05) is 6.54 Å². The first-order chi connectivity index (χ1) is 11.3. The van der Waals surface area contributed by atoms with Crippen molar-refractivity contribution in [1.82, 2.24) is 24.3 Å². The van der Waals surface area contributed by atoms with E-state index < -0.39 is 16.6 Å². The number of alkyl halides is 2. The van der Waals surface area contributed by atoms with Crippen LogP contribution in [-0.2, 0) is 10.0 Å². The third-order valence-electron chi connectivity index (χ3n) is 3.66. The van der Waals surface area contributed by atoms with Crippen LogP contribution in [0.25, 0.3) is 0 Å². The van der Waals surface area contributed by atoms with Crippen LogP contribution in [0.15, 0.2) is 23.5 Å².